The number of aromatic nitrogens is 2. The van der Waals surface area contributed by atoms with E-state index in [0.717, 1.165) is 16.8 Å². The molecule has 24 heavy (non-hydrogen) atoms. The van der Waals surface area contributed by atoms with Gasteiger partial charge in [-0.3, -0.25) is 0 Å². The lowest BCUT2D eigenvalue weighted by molar-refractivity contribution is 0.0358. The second-order valence-electron chi connectivity index (χ2n) is 6.50. The van der Waals surface area contributed by atoms with E-state index in [1.165, 1.54) is 22.7 Å². The maximum absolute atomic E-state index is 13.7. The highest BCUT2D eigenvalue weighted by atomic mass is 32.2. The lowest BCUT2D eigenvalue weighted by atomic mass is 9.85. The molecule has 0 amide bonds. The summed E-state index contributed by atoms with van der Waals surface area (Å²) >= 11 is 0. The van der Waals surface area contributed by atoms with Crippen molar-refractivity contribution >= 4 is 10.0 Å². The molecule has 6 nitrogen and oxygen atoms in total. The van der Waals surface area contributed by atoms with Gasteiger partial charge in [0.25, 0.3) is 0 Å². The van der Waals surface area contributed by atoms with Gasteiger partial charge in [-0.25, -0.2) is 22.1 Å². The number of rotatable bonds is 2. The van der Waals surface area contributed by atoms with Gasteiger partial charge in [0.1, 0.15) is 5.82 Å². The van der Waals surface area contributed by atoms with Crippen LogP contribution in [-0.4, -0.2) is 52.8 Å². The number of nitrogens with zero attached hydrogens (tertiary/aromatic N) is 3. The van der Waals surface area contributed by atoms with Gasteiger partial charge in [-0.15, -0.1) is 0 Å². The Morgan fingerprint density at radius 3 is 2.92 bits per heavy atom. The maximum atomic E-state index is 13.7. The second-order valence-corrected chi connectivity index (χ2v) is 8.49. The molecule has 3 atom stereocenters. The predicted octanol–water partition coefficient (Wildman–Crippen LogP) is 1.23. The molecule has 2 aliphatic rings. The topological polar surface area (TPSA) is 75.4 Å². The van der Waals surface area contributed by atoms with Gasteiger partial charge >= 0.3 is 0 Å². The SMILES string of the molecule is CS(=O)(=O)N1CC[C@@H](O)[C@H](C2c3ccc(F)cc3-c3cncn32)C1. The van der Waals surface area contributed by atoms with E-state index in [4.69, 9.17) is 0 Å². The minimum atomic E-state index is -3.32. The molecule has 8 heteroatoms. The molecule has 1 fully saturated rings. The highest BCUT2D eigenvalue weighted by Gasteiger charge is 2.42. The largest absolute Gasteiger partial charge is 0.393 e. The van der Waals surface area contributed by atoms with E-state index in [9.17, 15) is 17.9 Å². The molecular weight excluding hydrogens is 333 g/mol. The number of piperidine rings is 1. The fraction of sp³-hybridized carbons (Fsp3) is 0.438. The van der Waals surface area contributed by atoms with E-state index in [1.807, 2.05) is 4.57 Å². The molecule has 1 unspecified atom stereocenters. The summed E-state index contributed by atoms with van der Waals surface area (Å²) in [4.78, 5) is 4.14. The number of imidazole rings is 1. The first-order valence-electron chi connectivity index (χ1n) is 7.81. The van der Waals surface area contributed by atoms with Crippen LogP contribution >= 0.6 is 0 Å². The Hall–Kier alpha value is -1.77. The Labute approximate surface area is 139 Å². The third-order valence-corrected chi connectivity index (χ3v) is 6.30. The molecule has 1 saturated heterocycles. The van der Waals surface area contributed by atoms with E-state index in [2.05, 4.69) is 4.98 Å². The van der Waals surface area contributed by atoms with Crippen LogP contribution in [0.3, 0.4) is 0 Å². The fourth-order valence-electron chi connectivity index (χ4n) is 3.88. The zero-order valence-corrected chi connectivity index (χ0v) is 13.9. The molecule has 128 valence electrons. The highest BCUT2D eigenvalue weighted by Crippen LogP contribution is 2.45. The molecule has 0 radical (unpaired) electrons. The molecule has 0 aliphatic carbocycles. The lowest BCUT2D eigenvalue weighted by Crippen LogP contribution is -2.48. The third-order valence-electron chi connectivity index (χ3n) is 5.03. The van der Waals surface area contributed by atoms with Crippen molar-refractivity contribution in [2.24, 2.45) is 5.92 Å². The summed E-state index contributed by atoms with van der Waals surface area (Å²) in [5.74, 6) is -0.641. The highest BCUT2D eigenvalue weighted by molar-refractivity contribution is 7.88. The number of hydrogen-bond acceptors (Lipinski definition) is 4. The van der Waals surface area contributed by atoms with Crippen molar-refractivity contribution < 1.29 is 17.9 Å². The minimum absolute atomic E-state index is 0.235. The Morgan fingerprint density at radius 1 is 1.38 bits per heavy atom. The standard InChI is InChI=1S/C16H18FN3O3S/c1-24(22,23)19-5-4-15(21)13(8-19)16-11-3-2-10(17)6-12(11)14-7-18-9-20(14)16/h2-3,6-7,9,13,15-16,21H,4-5,8H2,1H3/t13-,15-,16?/m1/s1. The number of fused-ring (bicyclic) bond motifs is 3. The number of hydrogen-bond donors (Lipinski definition) is 1. The zero-order chi connectivity index (χ0) is 17.1. The number of benzene rings is 1. The van der Waals surface area contributed by atoms with Crippen LogP contribution < -0.4 is 0 Å². The maximum Gasteiger partial charge on any atom is 0.211 e. The summed E-state index contributed by atoms with van der Waals surface area (Å²) < 4.78 is 40.8. The Balaban J connectivity index is 1.79. The van der Waals surface area contributed by atoms with Gasteiger partial charge in [-0.05, 0) is 24.1 Å². The van der Waals surface area contributed by atoms with Gasteiger partial charge < -0.3 is 9.67 Å². The Kier molecular flexibility index (Phi) is 3.52. The normalized spacial score (nSPS) is 27.0. The molecule has 2 aliphatic heterocycles. The summed E-state index contributed by atoms with van der Waals surface area (Å²) in [6, 6.07) is 4.33. The summed E-state index contributed by atoms with van der Waals surface area (Å²) in [5.41, 5.74) is 2.44. The predicted molar refractivity (Wildman–Crippen MR) is 86.3 cm³/mol. The Bertz CT molecular complexity index is 896. The molecule has 0 spiro atoms. The molecule has 0 bridgehead atoms. The van der Waals surface area contributed by atoms with Crippen molar-refractivity contribution in [3.05, 3.63) is 42.1 Å². The zero-order valence-electron chi connectivity index (χ0n) is 13.1. The van der Waals surface area contributed by atoms with E-state index < -0.39 is 16.1 Å². The fourth-order valence-corrected chi connectivity index (χ4v) is 4.76. The summed E-state index contributed by atoms with van der Waals surface area (Å²) in [6.07, 6.45) is 4.27. The molecule has 1 aromatic carbocycles. The molecule has 4 rings (SSSR count). The molecule has 1 aromatic heterocycles. The van der Waals surface area contributed by atoms with Crippen LogP contribution in [0.4, 0.5) is 4.39 Å². The number of halogens is 1. The molecule has 2 aromatic rings. The van der Waals surface area contributed by atoms with Crippen LogP contribution in [0.5, 0.6) is 0 Å². The van der Waals surface area contributed by atoms with Crippen LogP contribution in [0, 0.1) is 11.7 Å². The second kappa shape index (κ2) is 5.37. The molecule has 1 N–H and O–H groups in total. The first-order valence-corrected chi connectivity index (χ1v) is 9.66. The number of sulfonamides is 1. The van der Waals surface area contributed by atoms with Gasteiger partial charge in [-0.2, -0.15) is 0 Å². The smallest absolute Gasteiger partial charge is 0.211 e. The minimum Gasteiger partial charge on any atom is -0.393 e. The van der Waals surface area contributed by atoms with E-state index in [1.54, 1.807) is 18.6 Å². The molecule has 0 saturated carbocycles. The van der Waals surface area contributed by atoms with Crippen molar-refractivity contribution in [1.82, 2.24) is 13.9 Å². The lowest BCUT2D eigenvalue weighted by Gasteiger charge is -2.38. The van der Waals surface area contributed by atoms with Crippen molar-refractivity contribution in [1.29, 1.82) is 0 Å². The van der Waals surface area contributed by atoms with Crippen molar-refractivity contribution in [3.8, 4) is 11.3 Å². The van der Waals surface area contributed by atoms with Crippen LogP contribution in [0.2, 0.25) is 0 Å². The molecular formula is C16H18FN3O3S. The van der Waals surface area contributed by atoms with E-state index >= 15 is 0 Å². The monoisotopic (exact) mass is 351 g/mol. The number of aliphatic hydroxyl groups is 1. The average Bonchev–Trinajstić information content (AvgIpc) is 3.08. The van der Waals surface area contributed by atoms with E-state index in [-0.39, 0.29) is 24.3 Å². The number of aliphatic hydroxyl groups excluding tert-OH is 1. The van der Waals surface area contributed by atoms with Crippen LogP contribution in [0.15, 0.2) is 30.7 Å². The quantitative estimate of drug-likeness (QED) is 0.883. The average molecular weight is 351 g/mol. The van der Waals surface area contributed by atoms with Gasteiger partial charge in [0.2, 0.25) is 10.0 Å². The first kappa shape index (κ1) is 15.7. The van der Waals surface area contributed by atoms with Crippen molar-refractivity contribution in [2.75, 3.05) is 19.3 Å². The van der Waals surface area contributed by atoms with Gasteiger partial charge in [-0.1, -0.05) is 6.07 Å². The van der Waals surface area contributed by atoms with Gasteiger partial charge in [0.15, 0.2) is 0 Å². The Morgan fingerprint density at radius 2 is 2.17 bits per heavy atom. The summed E-state index contributed by atoms with van der Waals surface area (Å²) in [7, 11) is -3.32. The third kappa shape index (κ3) is 2.37. The first-order chi connectivity index (χ1) is 11.4. The van der Waals surface area contributed by atoms with Crippen LogP contribution in [0.1, 0.15) is 18.0 Å². The summed E-state index contributed by atoms with van der Waals surface area (Å²) in [6.45, 7) is 0.551. The van der Waals surface area contributed by atoms with Crippen molar-refractivity contribution in [2.45, 2.75) is 18.6 Å². The molecule has 3 heterocycles. The van der Waals surface area contributed by atoms with Gasteiger partial charge in [0, 0.05) is 24.6 Å². The summed E-state index contributed by atoms with van der Waals surface area (Å²) in [5, 5.41) is 10.5. The van der Waals surface area contributed by atoms with E-state index in [0.29, 0.717) is 13.0 Å². The van der Waals surface area contributed by atoms with Crippen LogP contribution in [-0.2, 0) is 10.0 Å². The van der Waals surface area contributed by atoms with Gasteiger partial charge in [0.05, 0.1) is 36.6 Å². The van der Waals surface area contributed by atoms with Crippen LogP contribution in [0.25, 0.3) is 11.3 Å². The van der Waals surface area contributed by atoms with Crippen molar-refractivity contribution in [3.63, 3.8) is 0 Å².